The summed E-state index contributed by atoms with van der Waals surface area (Å²) in [5, 5.41) is 11.9. The molecular weight excluding hydrogens is 497 g/mol. The molecule has 190 valence electrons. The van der Waals surface area contributed by atoms with Crippen LogP contribution in [0.3, 0.4) is 0 Å². The van der Waals surface area contributed by atoms with Crippen molar-refractivity contribution in [2.75, 3.05) is 16.6 Å². The number of anilines is 2. The molecule has 2 heterocycles. The van der Waals surface area contributed by atoms with Crippen molar-refractivity contribution in [2.45, 2.75) is 37.4 Å². The molecule has 36 heavy (non-hydrogen) atoms. The summed E-state index contributed by atoms with van der Waals surface area (Å²) in [6.07, 6.45) is -2.88. The molecule has 1 aliphatic rings. The highest BCUT2D eigenvalue weighted by Gasteiger charge is 2.44. The Labute approximate surface area is 205 Å². The summed E-state index contributed by atoms with van der Waals surface area (Å²) in [5.41, 5.74) is -1.54. The Balaban J connectivity index is 1.61. The molecule has 0 saturated heterocycles. The molecule has 0 amide bonds. The molecule has 0 radical (unpaired) electrons. The van der Waals surface area contributed by atoms with E-state index >= 15 is 0 Å². The first-order chi connectivity index (χ1) is 16.9. The van der Waals surface area contributed by atoms with E-state index in [1.165, 1.54) is 24.3 Å². The number of hydrogen-bond acceptors (Lipinski definition) is 6. The van der Waals surface area contributed by atoms with Gasteiger partial charge in [0.1, 0.15) is 11.6 Å². The lowest BCUT2D eigenvalue weighted by Crippen LogP contribution is -2.43. The van der Waals surface area contributed by atoms with Gasteiger partial charge in [-0.1, -0.05) is 36.8 Å². The van der Waals surface area contributed by atoms with Crippen LogP contribution in [0.15, 0.2) is 59.6 Å². The molecule has 0 aliphatic heterocycles. The predicted molar refractivity (Wildman–Crippen MR) is 127 cm³/mol. The number of nitrogens with one attached hydrogen (secondary N) is 2. The van der Waals surface area contributed by atoms with Crippen LogP contribution in [0.4, 0.5) is 24.8 Å². The molecule has 3 aromatic rings. The number of halogens is 3. The molecule has 1 fully saturated rings. The van der Waals surface area contributed by atoms with Gasteiger partial charge in [-0.25, -0.2) is 9.97 Å². The van der Waals surface area contributed by atoms with Crippen molar-refractivity contribution in [3.8, 4) is 11.3 Å². The number of nitrogens with zero attached hydrogens (tertiary/aromatic N) is 2. The average molecular weight is 521 g/mol. The van der Waals surface area contributed by atoms with Crippen LogP contribution in [0.5, 0.6) is 0 Å². The monoisotopic (exact) mass is 520 g/mol. The number of carboxylic acids is 1. The van der Waals surface area contributed by atoms with Crippen LogP contribution >= 0.6 is 0 Å². The van der Waals surface area contributed by atoms with Gasteiger partial charge in [0.15, 0.2) is 5.03 Å². The Morgan fingerprint density at radius 2 is 1.75 bits per heavy atom. The van der Waals surface area contributed by atoms with Crippen LogP contribution in [-0.4, -0.2) is 36.0 Å². The molecule has 0 unspecified atom stereocenters. The standard InChI is InChI=1S/C24H23F3N4O4S/c1-15-6-2-3-7-16(15)21-17(24(25,26)27)10-11-19(30-21)31-36(34,35)20-9-4-8-18(29-20)28-14-23(22(32)33)12-5-13-23/h2-4,6-11H,5,12-14H2,1H3,(H,28,29)(H,30,31)(H,32,33). The Bertz CT molecular complexity index is 1410. The van der Waals surface area contributed by atoms with Crippen LogP contribution < -0.4 is 10.0 Å². The van der Waals surface area contributed by atoms with Gasteiger partial charge in [-0.2, -0.15) is 21.6 Å². The highest BCUT2D eigenvalue weighted by atomic mass is 32.2. The van der Waals surface area contributed by atoms with Crippen molar-refractivity contribution in [1.82, 2.24) is 9.97 Å². The Hall–Kier alpha value is -3.67. The van der Waals surface area contributed by atoms with E-state index in [0.29, 0.717) is 18.4 Å². The van der Waals surface area contributed by atoms with Crippen LogP contribution in [0.1, 0.15) is 30.4 Å². The fourth-order valence-corrected chi connectivity index (χ4v) is 4.94. The van der Waals surface area contributed by atoms with Gasteiger partial charge < -0.3 is 10.4 Å². The van der Waals surface area contributed by atoms with E-state index in [-0.39, 0.29) is 23.7 Å². The SMILES string of the molecule is Cc1ccccc1-c1nc(NS(=O)(=O)c2cccc(NCC3(C(=O)O)CCC3)n2)ccc1C(F)(F)F. The van der Waals surface area contributed by atoms with Gasteiger partial charge >= 0.3 is 12.1 Å². The minimum Gasteiger partial charge on any atom is -0.481 e. The largest absolute Gasteiger partial charge is 0.481 e. The number of pyridine rings is 2. The molecular formula is C24H23F3N4O4S. The molecule has 0 atom stereocenters. The highest BCUT2D eigenvalue weighted by molar-refractivity contribution is 7.92. The quantitative estimate of drug-likeness (QED) is 0.385. The number of aliphatic carboxylic acids is 1. The van der Waals surface area contributed by atoms with Crippen molar-refractivity contribution in [3.05, 3.63) is 65.7 Å². The lowest BCUT2D eigenvalue weighted by molar-refractivity contribution is -0.153. The third-order valence-corrected chi connectivity index (χ3v) is 7.47. The molecule has 0 bridgehead atoms. The van der Waals surface area contributed by atoms with Gasteiger partial charge in [-0.05, 0) is 49.6 Å². The van der Waals surface area contributed by atoms with E-state index in [2.05, 4.69) is 20.0 Å². The molecule has 1 aromatic carbocycles. The first-order valence-corrected chi connectivity index (χ1v) is 12.5. The number of carboxylic acid groups (broad SMARTS) is 1. The van der Waals surface area contributed by atoms with Crippen molar-refractivity contribution in [2.24, 2.45) is 5.41 Å². The van der Waals surface area contributed by atoms with E-state index in [4.69, 9.17) is 0 Å². The predicted octanol–water partition coefficient (Wildman–Crippen LogP) is 4.94. The third kappa shape index (κ3) is 5.13. The molecule has 3 N–H and O–H groups in total. The van der Waals surface area contributed by atoms with Crippen molar-refractivity contribution < 1.29 is 31.5 Å². The first kappa shape index (κ1) is 25.4. The summed E-state index contributed by atoms with van der Waals surface area (Å²) in [6, 6.07) is 12.2. The maximum atomic E-state index is 13.6. The zero-order valence-corrected chi connectivity index (χ0v) is 19.9. The number of aryl methyl sites for hydroxylation is 1. The number of rotatable bonds is 8. The van der Waals surface area contributed by atoms with Gasteiger partial charge in [-0.15, -0.1) is 0 Å². The van der Waals surface area contributed by atoms with Crippen LogP contribution in [-0.2, 0) is 21.0 Å². The lowest BCUT2D eigenvalue weighted by Gasteiger charge is -2.37. The van der Waals surface area contributed by atoms with E-state index in [1.54, 1.807) is 25.1 Å². The second-order valence-electron chi connectivity index (χ2n) is 8.66. The number of hydrogen-bond donors (Lipinski definition) is 3. The van der Waals surface area contributed by atoms with Crippen molar-refractivity contribution in [1.29, 1.82) is 0 Å². The molecule has 8 nitrogen and oxygen atoms in total. The van der Waals surface area contributed by atoms with Gasteiger partial charge in [0, 0.05) is 12.1 Å². The second-order valence-corrected chi connectivity index (χ2v) is 10.3. The number of aromatic nitrogens is 2. The molecule has 4 rings (SSSR count). The van der Waals surface area contributed by atoms with E-state index in [0.717, 1.165) is 18.6 Å². The summed E-state index contributed by atoms with van der Waals surface area (Å²) < 4.78 is 69.1. The van der Waals surface area contributed by atoms with E-state index < -0.39 is 43.9 Å². The van der Waals surface area contributed by atoms with E-state index in [9.17, 15) is 31.5 Å². The Morgan fingerprint density at radius 1 is 1.03 bits per heavy atom. The summed E-state index contributed by atoms with van der Waals surface area (Å²) in [7, 11) is -4.32. The molecule has 1 saturated carbocycles. The Morgan fingerprint density at radius 3 is 2.36 bits per heavy atom. The smallest absolute Gasteiger partial charge is 0.418 e. The number of sulfonamides is 1. The summed E-state index contributed by atoms with van der Waals surface area (Å²) in [6.45, 7) is 1.72. The molecule has 2 aromatic heterocycles. The van der Waals surface area contributed by atoms with Crippen molar-refractivity contribution in [3.63, 3.8) is 0 Å². The minimum absolute atomic E-state index is 0.0898. The fourth-order valence-electron chi connectivity index (χ4n) is 3.97. The summed E-state index contributed by atoms with van der Waals surface area (Å²) >= 11 is 0. The van der Waals surface area contributed by atoms with Gasteiger partial charge in [-0.3, -0.25) is 9.52 Å². The first-order valence-electron chi connectivity index (χ1n) is 11.0. The van der Waals surface area contributed by atoms with Gasteiger partial charge in [0.05, 0.1) is 16.7 Å². The second kappa shape index (κ2) is 9.41. The molecule has 0 spiro atoms. The van der Waals surface area contributed by atoms with Gasteiger partial charge in [0.25, 0.3) is 10.0 Å². The number of alkyl halides is 3. The van der Waals surface area contributed by atoms with Crippen molar-refractivity contribution >= 4 is 27.6 Å². The number of benzene rings is 1. The Kier molecular flexibility index (Phi) is 6.65. The number of carbonyl (C=O) groups is 1. The zero-order valence-electron chi connectivity index (χ0n) is 19.1. The maximum Gasteiger partial charge on any atom is 0.418 e. The van der Waals surface area contributed by atoms with Crippen LogP contribution in [0.2, 0.25) is 0 Å². The minimum atomic E-state index is -4.70. The summed E-state index contributed by atoms with van der Waals surface area (Å²) in [4.78, 5) is 19.6. The lowest BCUT2D eigenvalue weighted by atomic mass is 9.69. The molecule has 1 aliphatic carbocycles. The zero-order chi connectivity index (χ0) is 26.1. The highest BCUT2D eigenvalue weighted by Crippen LogP contribution is 2.41. The van der Waals surface area contributed by atoms with Crippen LogP contribution in [0.25, 0.3) is 11.3 Å². The maximum absolute atomic E-state index is 13.6. The fraction of sp³-hybridized carbons (Fsp3) is 0.292. The third-order valence-electron chi connectivity index (χ3n) is 6.21. The average Bonchev–Trinajstić information content (AvgIpc) is 2.77. The van der Waals surface area contributed by atoms with E-state index in [1.807, 2.05) is 0 Å². The topological polar surface area (TPSA) is 121 Å². The summed E-state index contributed by atoms with van der Waals surface area (Å²) in [5.74, 6) is -1.07. The molecule has 12 heteroatoms. The normalized spacial score (nSPS) is 15.1. The van der Waals surface area contributed by atoms with Gasteiger partial charge in [0.2, 0.25) is 0 Å². The van der Waals surface area contributed by atoms with Crippen LogP contribution in [0, 0.1) is 12.3 Å².